The average molecular weight is 570 g/mol. The molecule has 5 fully saturated rings. The van der Waals surface area contributed by atoms with Crippen LogP contribution in [0.25, 0.3) is 0 Å². The standard InChI is InChI=1S/C33H47NO7/c1-19-27(41-29(38)20-7-5-4-6-8-20)18-26(35)30(39-19)40-22-11-14-31(2)21(17-22)9-10-24-23(31)12-15-32(3)25(28(36)37)13-16-33(24,32)34/h4-8,19,21-27,30,35H,9-18,34H2,1-3H3,(H,36,37)/t19-,21+,22-,23-,24+,25+,26+,27+,30-,31-,32+,33-/m0/s1. The van der Waals surface area contributed by atoms with E-state index in [0.29, 0.717) is 29.7 Å². The number of esters is 1. The van der Waals surface area contributed by atoms with Gasteiger partial charge in [-0.25, -0.2) is 4.79 Å². The lowest BCUT2D eigenvalue weighted by molar-refractivity contribution is -0.283. The van der Waals surface area contributed by atoms with Gasteiger partial charge in [0, 0.05) is 12.0 Å². The topological polar surface area (TPSA) is 128 Å². The van der Waals surface area contributed by atoms with E-state index in [1.807, 2.05) is 13.0 Å². The van der Waals surface area contributed by atoms with Gasteiger partial charge in [-0.05, 0) is 105 Å². The molecule has 226 valence electrons. The number of carbonyl (C=O) groups excluding carboxylic acids is 1. The van der Waals surface area contributed by atoms with Gasteiger partial charge < -0.3 is 30.2 Å². The Morgan fingerprint density at radius 1 is 0.976 bits per heavy atom. The molecule has 5 aliphatic rings. The van der Waals surface area contributed by atoms with Crippen LogP contribution < -0.4 is 5.73 Å². The summed E-state index contributed by atoms with van der Waals surface area (Å²) >= 11 is 0. The van der Waals surface area contributed by atoms with Gasteiger partial charge in [-0.3, -0.25) is 4.79 Å². The highest BCUT2D eigenvalue weighted by Gasteiger charge is 2.67. The highest BCUT2D eigenvalue weighted by atomic mass is 16.7. The van der Waals surface area contributed by atoms with Gasteiger partial charge in [0.05, 0.1) is 23.7 Å². The highest BCUT2D eigenvalue weighted by molar-refractivity contribution is 5.89. The predicted molar refractivity (Wildman–Crippen MR) is 152 cm³/mol. The Balaban J connectivity index is 1.07. The van der Waals surface area contributed by atoms with Crippen LogP contribution >= 0.6 is 0 Å². The molecule has 41 heavy (non-hydrogen) atoms. The maximum atomic E-state index is 12.5. The number of carbonyl (C=O) groups is 2. The molecule has 1 saturated heterocycles. The number of carboxylic acid groups (broad SMARTS) is 1. The summed E-state index contributed by atoms with van der Waals surface area (Å²) in [5.41, 5.74) is 7.15. The maximum Gasteiger partial charge on any atom is 0.338 e. The van der Waals surface area contributed by atoms with Crippen molar-refractivity contribution in [3.8, 4) is 0 Å². The highest BCUT2D eigenvalue weighted by Crippen LogP contribution is 2.68. The summed E-state index contributed by atoms with van der Waals surface area (Å²) in [4.78, 5) is 24.7. The molecule has 0 radical (unpaired) electrons. The fraction of sp³-hybridized carbons (Fsp3) is 0.758. The third-order valence-electron chi connectivity index (χ3n) is 12.5. The Labute approximate surface area is 243 Å². The maximum absolute atomic E-state index is 12.5. The van der Waals surface area contributed by atoms with Crippen LogP contribution in [0.5, 0.6) is 0 Å². The zero-order valence-corrected chi connectivity index (χ0v) is 24.7. The summed E-state index contributed by atoms with van der Waals surface area (Å²) in [6, 6.07) is 8.85. The van der Waals surface area contributed by atoms with Crippen LogP contribution in [0.4, 0.5) is 0 Å². The number of rotatable bonds is 5. The Hall–Kier alpha value is -2.00. The van der Waals surface area contributed by atoms with Crippen molar-refractivity contribution < 1.29 is 34.0 Å². The first-order valence-corrected chi connectivity index (χ1v) is 15.7. The number of fused-ring (bicyclic) bond motifs is 5. The number of aliphatic carboxylic acids is 1. The summed E-state index contributed by atoms with van der Waals surface area (Å²) in [6.45, 7) is 6.46. The molecule has 4 N–H and O–H groups in total. The van der Waals surface area contributed by atoms with E-state index in [-0.39, 0.29) is 29.3 Å². The smallest absolute Gasteiger partial charge is 0.338 e. The molecule has 1 aliphatic heterocycles. The molecule has 8 heteroatoms. The van der Waals surface area contributed by atoms with Crippen molar-refractivity contribution in [2.75, 3.05) is 0 Å². The Kier molecular flexibility index (Phi) is 7.53. The van der Waals surface area contributed by atoms with Crippen molar-refractivity contribution >= 4 is 11.9 Å². The summed E-state index contributed by atoms with van der Waals surface area (Å²) < 4.78 is 18.2. The third kappa shape index (κ3) is 4.73. The predicted octanol–water partition coefficient (Wildman–Crippen LogP) is 4.92. The minimum Gasteiger partial charge on any atom is -0.481 e. The molecular weight excluding hydrogens is 522 g/mol. The second-order valence-corrected chi connectivity index (χ2v) is 14.3. The number of nitrogens with two attached hydrogens (primary N) is 1. The van der Waals surface area contributed by atoms with Crippen LogP contribution in [0.2, 0.25) is 0 Å². The first-order chi connectivity index (χ1) is 19.5. The molecule has 1 heterocycles. The van der Waals surface area contributed by atoms with E-state index >= 15 is 0 Å². The molecule has 0 unspecified atom stereocenters. The summed E-state index contributed by atoms with van der Waals surface area (Å²) in [7, 11) is 0. The molecule has 4 saturated carbocycles. The molecule has 12 atom stereocenters. The van der Waals surface area contributed by atoms with E-state index in [4.69, 9.17) is 19.9 Å². The molecule has 8 nitrogen and oxygen atoms in total. The van der Waals surface area contributed by atoms with Crippen molar-refractivity contribution in [1.29, 1.82) is 0 Å². The molecule has 0 amide bonds. The lowest BCUT2D eigenvalue weighted by atomic mass is 9.42. The summed E-state index contributed by atoms with van der Waals surface area (Å²) in [6.07, 6.45) is 6.16. The van der Waals surface area contributed by atoms with Crippen LogP contribution in [0.15, 0.2) is 30.3 Å². The largest absolute Gasteiger partial charge is 0.481 e. The van der Waals surface area contributed by atoms with Crippen LogP contribution in [-0.4, -0.2) is 58.4 Å². The van der Waals surface area contributed by atoms with E-state index in [9.17, 15) is 19.8 Å². The van der Waals surface area contributed by atoms with Crippen LogP contribution in [-0.2, 0) is 19.0 Å². The summed E-state index contributed by atoms with van der Waals surface area (Å²) in [5.74, 6) is -0.0662. The van der Waals surface area contributed by atoms with Crippen molar-refractivity contribution in [2.45, 2.75) is 121 Å². The fourth-order valence-corrected chi connectivity index (χ4v) is 9.97. The quantitative estimate of drug-likeness (QED) is 0.337. The van der Waals surface area contributed by atoms with E-state index in [1.54, 1.807) is 24.3 Å². The number of hydrogen-bond acceptors (Lipinski definition) is 7. The van der Waals surface area contributed by atoms with E-state index in [2.05, 4.69) is 13.8 Å². The zero-order valence-electron chi connectivity index (χ0n) is 24.7. The number of benzene rings is 1. The average Bonchev–Trinajstić information content (AvgIpc) is 3.23. The number of carboxylic acids is 1. The van der Waals surface area contributed by atoms with Gasteiger partial charge in [0.1, 0.15) is 12.2 Å². The molecule has 0 bridgehead atoms. The molecule has 4 aliphatic carbocycles. The van der Waals surface area contributed by atoms with Gasteiger partial charge in [-0.1, -0.05) is 32.0 Å². The second kappa shape index (κ2) is 10.6. The number of hydrogen-bond donors (Lipinski definition) is 3. The minimum absolute atomic E-state index is 0.00320. The van der Waals surface area contributed by atoms with Gasteiger partial charge in [0.25, 0.3) is 0 Å². The SMILES string of the molecule is C[C@@H]1O[C@@H](O[C@H]2CC[C@@]3(C)[C@H](CC[C@@H]4[C@@H]3CC[C@]3(C)[C@@H](C(=O)O)CC[C@]43N)C2)[C@H](O)C[C@H]1OC(=O)c1ccccc1. The number of aliphatic hydroxyl groups excluding tert-OH is 1. The van der Waals surface area contributed by atoms with Crippen molar-refractivity contribution in [3.05, 3.63) is 35.9 Å². The number of ether oxygens (including phenoxy) is 3. The Morgan fingerprint density at radius 2 is 1.73 bits per heavy atom. The summed E-state index contributed by atoms with van der Waals surface area (Å²) in [5, 5.41) is 20.9. The molecule has 1 aromatic carbocycles. The zero-order chi connectivity index (χ0) is 29.2. The van der Waals surface area contributed by atoms with Crippen molar-refractivity contribution in [2.24, 2.45) is 40.2 Å². The second-order valence-electron chi connectivity index (χ2n) is 14.3. The van der Waals surface area contributed by atoms with E-state index in [1.165, 1.54) is 0 Å². The van der Waals surface area contributed by atoms with Gasteiger partial charge >= 0.3 is 11.9 Å². The third-order valence-corrected chi connectivity index (χ3v) is 12.5. The molecule has 6 rings (SSSR count). The van der Waals surface area contributed by atoms with Gasteiger partial charge in [-0.15, -0.1) is 0 Å². The van der Waals surface area contributed by atoms with Gasteiger partial charge in [-0.2, -0.15) is 0 Å². The lowest BCUT2D eigenvalue weighted by Gasteiger charge is -2.64. The molecular formula is C33H47NO7. The van der Waals surface area contributed by atoms with Crippen LogP contribution in [0.1, 0.15) is 95.3 Å². The molecule has 0 aromatic heterocycles. The Bertz CT molecular complexity index is 1150. The van der Waals surface area contributed by atoms with Crippen LogP contribution in [0.3, 0.4) is 0 Å². The fourth-order valence-electron chi connectivity index (χ4n) is 9.97. The lowest BCUT2D eigenvalue weighted by Crippen LogP contribution is -2.66. The van der Waals surface area contributed by atoms with E-state index < -0.39 is 42.1 Å². The number of aliphatic hydroxyl groups is 1. The molecule has 0 spiro atoms. The normalized spacial score (nSPS) is 47.5. The minimum atomic E-state index is -0.874. The van der Waals surface area contributed by atoms with E-state index in [0.717, 1.165) is 51.4 Å². The van der Waals surface area contributed by atoms with Gasteiger partial charge in [0.15, 0.2) is 6.29 Å². The van der Waals surface area contributed by atoms with Crippen molar-refractivity contribution in [3.63, 3.8) is 0 Å². The Morgan fingerprint density at radius 3 is 2.46 bits per heavy atom. The molecule has 1 aromatic rings. The monoisotopic (exact) mass is 569 g/mol. The first kappa shape index (κ1) is 29.1. The van der Waals surface area contributed by atoms with Crippen molar-refractivity contribution in [1.82, 2.24) is 0 Å². The van der Waals surface area contributed by atoms with Gasteiger partial charge in [0.2, 0.25) is 0 Å². The first-order valence-electron chi connectivity index (χ1n) is 15.7. The van der Waals surface area contributed by atoms with Crippen LogP contribution in [0, 0.1) is 34.5 Å².